The van der Waals surface area contributed by atoms with Gasteiger partial charge in [-0.1, -0.05) is 35.5 Å². The van der Waals surface area contributed by atoms with Crippen LogP contribution in [0.2, 0.25) is 0 Å². The molecule has 4 rings (SSSR count). The molecule has 1 aliphatic carbocycles. The van der Waals surface area contributed by atoms with Gasteiger partial charge in [0.05, 0.1) is 12.5 Å². The number of aromatic nitrogens is 2. The molecule has 5 nitrogen and oxygen atoms in total. The highest BCUT2D eigenvalue weighted by molar-refractivity contribution is 5.84. The van der Waals surface area contributed by atoms with Crippen molar-refractivity contribution >= 4 is 5.91 Å². The van der Waals surface area contributed by atoms with Gasteiger partial charge in [0.2, 0.25) is 17.6 Å². The van der Waals surface area contributed by atoms with Crippen molar-refractivity contribution in [2.24, 2.45) is 5.92 Å². The van der Waals surface area contributed by atoms with Crippen LogP contribution in [0, 0.1) is 11.7 Å². The number of hydrogen-bond acceptors (Lipinski definition) is 4. The van der Waals surface area contributed by atoms with Crippen molar-refractivity contribution in [1.29, 1.82) is 0 Å². The van der Waals surface area contributed by atoms with Crippen LogP contribution in [0.15, 0.2) is 59.1 Å². The normalized spacial score (nSPS) is 14.8. The lowest BCUT2D eigenvalue weighted by atomic mass is 9.93. The zero-order valence-electron chi connectivity index (χ0n) is 14.1. The van der Waals surface area contributed by atoms with Gasteiger partial charge in [0, 0.05) is 5.56 Å². The summed E-state index contributed by atoms with van der Waals surface area (Å²) in [6, 6.07) is 15.7. The third-order valence-corrected chi connectivity index (χ3v) is 4.52. The molecule has 1 fully saturated rings. The molecule has 0 aliphatic heterocycles. The number of rotatable bonds is 6. The highest BCUT2D eigenvalue weighted by atomic mass is 19.1. The average molecular weight is 351 g/mol. The van der Waals surface area contributed by atoms with Crippen molar-refractivity contribution in [1.82, 2.24) is 15.5 Å². The minimum atomic E-state index is -0.322. The maximum Gasteiger partial charge on any atom is 0.246 e. The molecule has 1 unspecified atom stereocenters. The van der Waals surface area contributed by atoms with E-state index in [1.165, 1.54) is 12.1 Å². The van der Waals surface area contributed by atoms with Crippen molar-refractivity contribution in [3.05, 3.63) is 71.9 Å². The summed E-state index contributed by atoms with van der Waals surface area (Å²) in [6.45, 7) is 0.170. The summed E-state index contributed by atoms with van der Waals surface area (Å²) in [4.78, 5) is 16.9. The van der Waals surface area contributed by atoms with Crippen molar-refractivity contribution in [3.8, 4) is 11.4 Å². The fourth-order valence-electron chi connectivity index (χ4n) is 3.04. The van der Waals surface area contributed by atoms with Gasteiger partial charge in [0.15, 0.2) is 0 Å². The second-order valence-electron chi connectivity index (χ2n) is 6.46. The molecule has 1 atom stereocenters. The average Bonchev–Trinajstić information content (AvgIpc) is 3.38. The molecule has 1 heterocycles. The minimum absolute atomic E-state index is 0.0276. The van der Waals surface area contributed by atoms with Crippen LogP contribution >= 0.6 is 0 Å². The van der Waals surface area contributed by atoms with Gasteiger partial charge in [-0.25, -0.2) is 4.39 Å². The van der Waals surface area contributed by atoms with Gasteiger partial charge in [-0.15, -0.1) is 0 Å². The molecule has 0 radical (unpaired) electrons. The van der Waals surface area contributed by atoms with Crippen LogP contribution in [0.3, 0.4) is 0 Å². The van der Waals surface area contributed by atoms with E-state index in [9.17, 15) is 9.18 Å². The smallest absolute Gasteiger partial charge is 0.246 e. The first-order valence-electron chi connectivity index (χ1n) is 8.62. The number of hydrogen-bond donors (Lipinski definition) is 1. The molecule has 1 aliphatic rings. The first-order chi connectivity index (χ1) is 12.7. The van der Waals surface area contributed by atoms with Crippen molar-refractivity contribution < 1.29 is 13.7 Å². The summed E-state index contributed by atoms with van der Waals surface area (Å²) in [5.74, 6) is 0.596. The number of benzene rings is 2. The molecule has 1 aromatic heterocycles. The van der Waals surface area contributed by atoms with E-state index in [4.69, 9.17) is 4.52 Å². The lowest BCUT2D eigenvalue weighted by Gasteiger charge is -2.15. The number of nitrogens with one attached hydrogen (secondary N) is 1. The molecular weight excluding hydrogens is 333 g/mol. The second-order valence-corrected chi connectivity index (χ2v) is 6.46. The molecule has 3 aromatic rings. The van der Waals surface area contributed by atoms with E-state index < -0.39 is 0 Å². The summed E-state index contributed by atoms with van der Waals surface area (Å²) in [7, 11) is 0. The van der Waals surface area contributed by atoms with Crippen LogP contribution < -0.4 is 5.32 Å². The Kier molecular flexibility index (Phi) is 4.48. The number of halogens is 1. The summed E-state index contributed by atoms with van der Waals surface area (Å²) < 4.78 is 18.2. The van der Waals surface area contributed by atoms with Gasteiger partial charge in [0.25, 0.3) is 0 Å². The molecular formula is C20H18FN3O2. The van der Waals surface area contributed by atoms with Crippen LogP contribution in [0.25, 0.3) is 11.4 Å². The van der Waals surface area contributed by atoms with E-state index in [2.05, 4.69) is 15.5 Å². The van der Waals surface area contributed by atoms with Crippen LogP contribution in [-0.4, -0.2) is 16.0 Å². The van der Waals surface area contributed by atoms with E-state index in [1.807, 2.05) is 30.3 Å². The van der Waals surface area contributed by atoms with Crippen molar-refractivity contribution in [3.63, 3.8) is 0 Å². The van der Waals surface area contributed by atoms with Gasteiger partial charge in [0.1, 0.15) is 5.82 Å². The second kappa shape index (κ2) is 7.07. The van der Waals surface area contributed by atoms with Gasteiger partial charge in [-0.05, 0) is 48.6 Å². The monoisotopic (exact) mass is 351 g/mol. The first-order valence-corrected chi connectivity index (χ1v) is 8.62. The molecule has 6 heteroatoms. The summed E-state index contributed by atoms with van der Waals surface area (Å²) in [5, 5.41) is 6.78. The first kappa shape index (κ1) is 16.4. The number of carbonyl (C=O) groups excluding carboxylic acids is 1. The summed E-state index contributed by atoms with van der Waals surface area (Å²) in [5.41, 5.74) is 1.69. The summed E-state index contributed by atoms with van der Waals surface area (Å²) >= 11 is 0. The fourth-order valence-corrected chi connectivity index (χ4v) is 3.04. The lowest BCUT2D eigenvalue weighted by molar-refractivity contribution is -0.123. The fraction of sp³-hybridized carbons (Fsp3) is 0.250. The Morgan fingerprint density at radius 2 is 1.88 bits per heavy atom. The maximum atomic E-state index is 13.0. The van der Waals surface area contributed by atoms with Crippen LogP contribution in [0.4, 0.5) is 4.39 Å². The zero-order valence-corrected chi connectivity index (χ0v) is 14.1. The molecule has 0 saturated heterocycles. The Morgan fingerprint density at radius 3 is 2.58 bits per heavy atom. The van der Waals surface area contributed by atoms with Crippen molar-refractivity contribution in [2.45, 2.75) is 25.3 Å². The Morgan fingerprint density at radius 1 is 1.15 bits per heavy atom. The molecule has 0 bridgehead atoms. The Balaban J connectivity index is 1.42. The molecule has 26 heavy (non-hydrogen) atoms. The number of carbonyl (C=O) groups is 1. The Bertz CT molecular complexity index is 889. The van der Waals surface area contributed by atoms with E-state index in [-0.39, 0.29) is 24.2 Å². The molecule has 1 saturated carbocycles. The topological polar surface area (TPSA) is 68.0 Å². The van der Waals surface area contributed by atoms with Crippen LogP contribution in [0.5, 0.6) is 0 Å². The quantitative estimate of drug-likeness (QED) is 0.735. The third kappa shape index (κ3) is 3.64. The standard InChI is InChI=1S/C20H18FN3O2/c21-16-10-8-15(9-11-16)19-23-17(26-24-19)12-22-20(25)18(14-6-7-14)13-4-2-1-3-5-13/h1-5,8-11,14,18H,6-7,12H2,(H,22,25). The van der Waals surface area contributed by atoms with E-state index >= 15 is 0 Å². The van der Waals surface area contributed by atoms with E-state index in [1.54, 1.807) is 12.1 Å². The molecule has 2 aromatic carbocycles. The van der Waals surface area contributed by atoms with Gasteiger partial charge in [-0.3, -0.25) is 4.79 Å². The highest BCUT2D eigenvalue weighted by Gasteiger charge is 2.37. The Labute approximate surface area is 150 Å². The number of nitrogens with zero attached hydrogens (tertiary/aromatic N) is 2. The van der Waals surface area contributed by atoms with Crippen LogP contribution in [-0.2, 0) is 11.3 Å². The Hall–Kier alpha value is -3.02. The third-order valence-electron chi connectivity index (χ3n) is 4.52. The van der Waals surface area contributed by atoms with E-state index in [0.717, 1.165) is 18.4 Å². The SMILES string of the molecule is O=C(NCc1nc(-c2ccc(F)cc2)no1)C(c1ccccc1)C1CC1. The summed E-state index contributed by atoms with van der Waals surface area (Å²) in [6.07, 6.45) is 2.14. The zero-order chi connectivity index (χ0) is 17.9. The molecule has 1 amide bonds. The van der Waals surface area contributed by atoms with Gasteiger partial charge < -0.3 is 9.84 Å². The highest BCUT2D eigenvalue weighted by Crippen LogP contribution is 2.42. The van der Waals surface area contributed by atoms with Crippen LogP contribution in [0.1, 0.15) is 30.2 Å². The minimum Gasteiger partial charge on any atom is -0.346 e. The molecule has 0 spiro atoms. The van der Waals surface area contributed by atoms with Gasteiger partial charge in [-0.2, -0.15) is 4.98 Å². The predicted octanol–water partition coefficient (Wildman–Crippen LogP) is 3.69. The number of amides is 1. The van der Waals surface area contributed by atoms with Crippen molar-refractivity contribution in [2.75, 3.05) is 0 Å². The predicted molar refractivity (Wildman–Crippen MR) is 93.4 cm³/mol. The maximum absolute atomic E-state index is 13.0. The lowest BCUT2D eigenvalue weighted by Crippen LogP contribution is -2.30. The largest absolute Gasteiger partial charge is 0.346 e. The van der Waals surface area contributed by atoms with Gasteiger partial charge >= 0.3 is 0 Å². The molecule has 132 valence electrons. The molecule has 1 N–H and O–H groups in total. The van der Waals surface area contributed by atoms with E-state index in [0.29, 0.717) is 23.2 Å².